The molecule has 1 saturated carbocycles. The Morgan fingerprint density at radius 2 is 1.87 bits per heavy atom. The average Bonchev–Trinajstić information content (AvgIpc) is 2.56. The molecule has 126 valence electrons. The average molecular weight is 318 g/mol. The van der Waals surface area contributed by atoms with Gasteiger partial charge in [-0.15, -0.1) is 0 Å². The lowest BCUT2D eigenvalue weighted by Crippen LogP contribution is -2.46. The van der Waals surface area contributed by atoms with Crippen molar-refractivity contribution in [3.05, 3.63) is 35.9 Å². The van der Waals surface area contributed by atoms with Crippen molar-refractivity contribution in [2.45, 2.75) is 51.1 Å². The van der Waals surface area contributed by atoms with Gasteiger partial charge in [-0.1, -0.05) is 30.3 Å². The van der Waals surface area contributed by atoms with Crippen LogP contribution in [0, 0.1) is 5.92 Å². The van der Waals surface area contributed by atoms with E-state index < -0.39 is 6.04 Å². The van der Waals surface area contributed by atoms with E-state index in [4.69, 9.17) is 10.5 Å². The van der Waals surface area contributed by atoms with Gasteiger partial charge in [0, 0.05) is 18.4 Å². The minimum atomic E-state index is -0.638. The van der Waals surface area contributed by atoms with Crippen LogP contribution in [-0.2, 0) is 20.7 Å². The molecule has 1 atom stereocenters. The third-order valence-electron chi connectivity index (χ3n) is 4.31. The molecule has 0 bridgehead atoms. The van der Waals surface area contributed by atoms with Crippen LogP contribution in [0.15, 0.2) is 30.3 Å². The Kier molecular flexibility index (Phi) is 6.59. The number of esters is 1. The van der Waals surface area contributed by atoms with Crippen LogP contribution < -0.4 is 11.1 Å². The van der Waals surface area contributed by atoms with Gasteiger partial charge in [0.25, 0.3) is 0 Å². The highest BCUT2D eigenvalue weighted by Gasteiger charge is 2.29. The molecule has 0 saturated heterocycles. The number of nitrogens with two attached hydrogens (primary N) is 1. The van der Waals surface area contributed by atoms with Gasteiger partial charge >= 0.3 is 5.97 Å². The number of nitrogens with one attached hydrogen (secondary N) is 1. The van der Waals surface area contributed by atoms with Crippen molar-refractivity contribution >= 4 is 11.9 Å². The number of rotatable bonds is 6. The van der Waals surface area contributed by atoms with Gasteiger partial charge in [0.05, 0.1) is 6.61 Å². The molecule has 3 N–H and O–H groups in total. The van der Waals surface area contributed by atoms with Crippen LogP contribution in [0.4, 0.5) is 0 Å². The summed E-state index contributed by atoms with van der Waals surface area (Å²) in [5, 5.41) is 2.88. The number of benzene rings is 1. The first-order valence-corrected chi connectivity index (χ1v) is 8.36. The fourth-order valence-corrected chi connectivity index (χ4v) is 2.96. The zero-order valence-electron chi connectivity index (χ0n) is 13.7. The molecule has 23 heavy (non-hydrogen) atoms. The van der Waals surface area contributed by atoms with Crippen molar-refractivity contribution < 1.29 is 14.3 Å². The van der Waals surface area contributed by atoms with Crippen LogP contribution in [-0.4, -0.2) is 30.6 Å². The first-order chi connectivity index (χ1) is 11.1. The molecule has 1 fully saturated rings. The minimum absolute atomic E-state index is 0.0532. The minimum Gasteiger partial charge on any atom is -0.464 e. The summed E-state index contributed by atoms with van der Waals surface area (Å²) < 4.78 is 5.11. The van der Waals surface area contributed by atoms with Crippen molar-refractivity contribution in [2.24, 2.45) is 11.7 Å². The smallest absolute Gasteiger partial charge is 0.328 e. The van der Waals surface area contributed by atoms with E-state index in [1.165, 1.54) is 0 Å². The summed E-state index contributed by atoms with van der Waals surface area (Å²) in [6.07, 6.45) is 3.74. The van der Waals surface area contributed by atoms with Crippen LogP contribution in [0.2, 0.25) is 0 Å². The van der Waals surface area contributed by atoms with Crippen LogP contribution in [0.3, 0.4) is 0 Å². The van der Waals surface area contributed by atoms with Gasteiger partial charge in [-0.25, -0.2) is 4.79 Å². The molecule has 1 amide bonds. The van der Waals surface area contributed by atoms with Gasteiger partial charge in [-0.3, -0.25) is 4.79 Å². The Bertz CT molecular complexity index is 510. The summed E-state index contributed by atoms with van der Waals surface area (Å²) in [5.41, 5.74) is 6.88. The van der Waals surface area contributed by atoms with Gasteiger partial charge in [0.1, 0.15) is 6.04 Å². The van der Waals surface area contributed by atoms with E-state index in [9.17, 15) is 9.59 Å². The highest BCUT2D eigenvalue weighted by atomic mass is 16.5. The van der Waals surface area contributed by atoms with E-state index in [1.54, 1.807) is 6.92 Å². The maximum absolute atomic E-state index is 12.5. The molecule has 5 heteroatoms. The number of hydrogen-bond acceptors (Lipinski definition) is 4. The van der Waals surface area contributed by atoms with E-state index in [0.717, 1.165) is 31.2 Å². The van der Waals surface area contributed by atoms with Crippen molar-refractivity contribution in [3.63, 3.8) is 0 Å². The van der Waals surface area contributed by atoms with Crippen LogP contribution in [0.25, 0.3) is 0 Å². The lowest BCUT2D eigenvalue weighted by Gasteiger charge is -2.27. The lowest BCUT2D eigenvalue weighted by atomic mass is 9.85. The van der Waals surface area contributed by atoms with E-state index in [2.05, 4.69) is 5.32 Å². The number of carbonyl (C=O) groups is 2. The van der Waals surface area contributed by atoms with Gasteiger partial charge in [0.15, 0.2) is 0 Å². The van der Waals surface area contributed by atoms with E-state index in [0.29, 0.717) is 13.0 Å². The number of amides is 1. The second kappa shape index (κ2) is 8.67. The summed E-state index contributed by atoms with van der Waals surface area (Å²) in [4.78, 5) is 24.6. The standard InChI is InChI=1S/C18H26N2O3/c1-2-23-18(22)16(12-13-6-4-3-5-7-13)20-17(21)14-8-10-15(19)11-9-14/h3-7,14-16H,2,8-12,19H2,1H3,(H,20,21)/t14?,15?,16-/m0/s1. The summed E-state index contributed by atoms with van der Waals surface area (Å²) in [6.45, 7) is 2.07. The quantitative estimate of drug-likeness (QED) is 0.784. The van der Waals surface area contributed by atoms with Gasteiger partial charge < -0.3 is 15.8 Å². The van der Waals surface area contributed by atoms with Gasteiger partial charge in [0.2, 0.25) is 5.91 Å². The molecular weight excluding hydrogens is 292 g/mol. The van der Waals surface area contributed by atoms with Crippen molar-refractivity contribution in [1.29, 1.82) is 0 Å². The predicted molar refractivity (Wildman–Crippen MR) is 88.6 cm³/mol. The number of hydrogen-bond donors (Lipinski definition) is 2. The fraction of sp³-hybridized carbons (Fsp3) is 0.556. The normalized spacial score (nSPS) is 22.2. The maximum Gasteiger partial charge on any atom is 0.328 e. The monoisotopic (exact) mass is 318 g/mol. The first-order valence-electron chi connectivity index (χ1n) is 8.36. The van der Waals surface area contributed by atoms with Gasteiger partial charge in [-0.2, -0.15) is 0 Å². The summed E-state index contributed by atoms with van der Waals surface area (Å²) in [5.74, 6) is -0.495. The topological polar surface area (TPSA) is 81.4 Å². The third kappa shape index (κ3) is 5.36. The molecule has 0 radical (unpaired) electrons. The molecule has 5 nitrogen and oxygen atoms in total. The molecule has 0 heterocycles. The van der Waals surface area contributed by atoms with E-state index >= 15 is 0 Å². The largest absolute Gasteiger partial charge is 0.464 e. The first kappa shape index (κ1) is 17.5. The molecule has 2 rings (SSSR count). The zero-order chi connectivity index (χ0) is 16.7. The SMILES string of the molecule is CCOC(=O)[C@H](Cc1ccccc1)NC(=O)C1CCC(N)CC1. The molecule has 1 aromatic rings. The second-order valence-electron chi connectivity index (χ2n) is 6.11. The lowest BCUT2D eigenvalue weighted by molar-refractivity contribution is -0.148. The second-order valence-corrected chi connectivity index (χ2v) is 6.11. The zero-order valence-corrected chi connectivity index (χ0v) is 13.7. The molecule has 1 aliphatic carbocycles. The molecule has 1 aromatic carbocycles. The van der Waals surface area contributed by atoms with Crippen molar-refractivity contribution in [2.75, 3.05) is 6.61 Å². The molecule has 1 aliphatic rings. The third-order valence-corrected chi connectivity index (χ3v) is 4.31. The van der Waals surface area contributed by atoms with Crippen molar-refractivity contribution in [3.8, 4) is 0 Å². The Hall–Kier alpha value is -1.88. The maximum atomic E-state index is 12.5. The summed E-state index contributed by atoms with van der Waals surface area (Å²) >= 11 is 0. The Labute approximate surface area is 137 Å². The van der Waals surface area contributed by atoms with E-state index in [-0.39, 0.29) is 23.8 Å². The van der Waals surface area contributed by atoms with Gasteiger partial charge in [-0.05, 0) is 38.2 Å². The Morgan fingerprint density at radius 3 is 2.48 bits per heavy atom. The van der Waals surface area contributed by atoms with E-state index in [1.807, 2.05) is 30.3 Å². The Morgan fingerprint density at radius 1 is 1.22 bits per heavy atom. The summed E-state index contributed by atoms with van der Waals surface area (Å²) in [7, 11) is 0. The van der Waals surface area contributed by atoms with Crippen LogP contribution >= 0.6 is 0 Å². The highest BCUT2D eigenvalue weighted by Crippen LogP contribution is 2.23. The molecule has 0 spiro atoms. The fourth-order valence-electron chi connectivity index (χ4n) is 2.96. The number of carbonyl (C=O) groups excluding carboxylic acids is 2. The number of ether oxygens (including phenoxy) is 1. The van der Waals surface area contributed by atoms with Crippen LogP contribution in [0.1, 0.15) is 38.2 Å². The summed E-state index contributed by atoms with van der Waals surface area (Å²) in [6, 6.07) is 9.21. The molecule has 0 unspecified atom stereocenters. The molecule has 0 aliphatic heterocycles. The predicted octanol–water partition coefficient (Wildman–Crippen LogP) is 1.79. The van der Waals surface area contributed by atoms with Crippen LogP contribution in [0.5, 0.6) is 0 Å². The highest BCUT2D eigenvalue weighted by molar-refractivity contribution is 5.86. The van der Waals surface area contributed by atoms with Crippen molar-refractivity contribution in [1.82, 2.24) is 5.32 Å². The Balaban J connectivity index is 1.99. The molecular formula is C18H26N2O3. The molecule has 0 aromatic heterocycles.